The molecule has 2 N–H and O–H groups in total. The highest BCUT2D eigenvalue weighted by atomic mass is 32.2. The van der Waals surface area contributed by atoms with Crippen LogP contribution >= 0.6 is 11.8 Å². The molecule has 7 nitrogen and oxygen atoms in total. The Kier molecular flexibility index (Phi) is 5.87. The van der Waals surface area contributed by atoms with Gasteiger partial charge in [-0.3, -0.25) is 0 Å². The van der Waals surface area contributed by atoms with Crippen molar-refractivity contribution < 1.29 is 13.9 Å². The van der Waals surface area contributed by atoms with Crippen molar-refractivity contribution in [1.29, 1.82) is 0 Å². The number of phenolic OH excluding ortho intramolecular Hbond substituents is 1. The summed E-state index contributed by atoms with van der Waals surface area (Å²) in [4.78, 5) is 10.7. The SMILES string of the molecule is CSc1cc(-c2ccc(-c3cnc(N(C4CC4)[C@H]4C[C@]5(C)CC[C@@](C)(N5)[C@H]4F)nn3)c(O)c2)c(F)cn1. The second-order valence-corrected chi connectivity index (χ2v) is 11.8. The summed E-state index contributed by atoms with van der Waals surface area (Å²) >= 11 is 1.42. The lowest BCUT2D eigenvalue weighted by Crippen LogP contribution is -2.66. The van der Waals surface area contributed by atoms with Crippen LogP contribution in [0.1, 0.15) is 46.0 Å². The molecule has 0 unspecified atom stereocenters. The van der Waals surface area contributed by atoms with Crippen molar-refractivity contribution in [2.24, 2.45) is 0 Å². The molecule has 0 amide bonds. The molecule has 3 aliphatic rings. The van der Waals surface area contributed by atoms with E-state index in [9.17, 15) is 9.50 Å². The van der Waals surface area contributed by atoms with Crippen molar-refractivity contribution in [2.75, 3.05) is 11.2 Å². The summed E-state index contributed by atoms with van der Waals surface area (Å²) in [7, 11) is 0. The summed E-state index contributed by atoms with van der Waals surface area (Å²) < 4.78 is 30.2. The van der Waals surface area contributed by atoms with Crippen LogP contribution in [-0.2, 0) is 0 Å². The molecule has 1 saturated carbocycles. The number of aromatic nitrogens is 4. The van der Waals surface area contributed by atoms with Crippen LogP contribution < -0.4 is 10.2 Å². The number of alkyl halides is 1. The fraction of sp³-hybridized carbons (Fsp3) is 0.481. The van der Waals surface area contributed by atoms with E-state index in [0.717, 1.165) is 25.7 Å². The van der Waals surface area contributed by atoms with Crippen LogP contribution in [0.3, 0.4) is 0 Å². The molecule has 0 radical (unpaired) electrons. The number of benzene rings is 1. The van der Waals surface area contributed by atoms with Crippen LogP contribution in [0.15, 0.2) is 41.7 Å². The summed E-state index contributed by atoms with van der Waals surface area (Å²) in [5, 5.41) is 23.7. The summed E-state index contributed by atoms with van der Waals surface area (Å²) in [6.07, 6.45) is 8.01. The quantitative estimate of drug-likeness (QED) is 0.429. The molecule has 1 aromatic carbocycles. The lowest BCUT2D eigenvalue weighted by molar-refractivity contribution is 0.0828. The molecule has 2 aliphatic heterocycles. The zero-order valence-electron chi connectivity index (χ0n) is 21.1. The fourth-order valence-corrected chi connectivity index (χ4v) is 6.45. The van der Waals surface area contributed by atoms with Gasteiger partial charge < -0.3 is 15.3 Å². The number of hydrogen-bond donors (Lipinski definition) is 2. The molecule has 37 heavy (non-hydrogen) atoms. The molecule has 3 fully saturated rings. The summed E-state index contributed by atoms with van der Waals surface area (Å²) in [5.74, 6) is -0.0926. The van der Waals surface area contributed by atoms with E-state index in [1.807, 2.05) is 18.1 Å². The highest BCUT2D eigenvalue weighted by Crippen LogP contribution is 2.47. The Balaban J connectivity index is 1.28. The molecular weight excluding hydrogens is 494 g/mol. The third kappa shape index (κ3) is 4.33. The second-order valence-electron chi connectivity index (χ2n) is 11.0. The maximum Gasteiger partial charge on any atom is 0.245 e. The monoisotopic (exact) mass is 524 g/mol. The first-order valence-corrected chi connectivity index (χ1v) is 13.9. The number of phenols is 1. The summed E-state index contributed by atoms with van der Waals surface area (Å²) in [6.45, 7) is 4.16. The number of nitrogens with one attached hydrogen (secondary N) is 1. The zero-order chi connectivity index (χ0) is 25.9. The maximum atomic E-state index is 15.8. The van der Waals surface area contributed by atoms with Crippen molar-refractivity contribution in [3.05, 3.63) is 42.5 Å². The summed E-state index contributed by atoms with van der Waals surface area (Å²) in [5.41, 5.74) is 1.09. The van der Waals surface area contributed by atoms with E-state index in [1.54, 1.807) is 24.4 Å². The number of rotatable bonds is 6. The largest absolute Gasteiger partial charge is 0.507 e. The third-order valence-electron chi connectivity index (χ3n) is 8.09. The minimum atomic E-state index is -1.04. The molecule has 2 saturated heterocycles. The second kappa shape index (κ2) is 8.87. The van der Waals surface area contributed by atoms with Crippen LogP contribution in [0, 0.1) is 5.82 Å². The zero-order valence-corrected chi connectivity index (χ0v) is 21.9. The van der Waals surface area contributed by atoms with Gasteiger partial charge in [0.05, 0.1) is 23.5 Å². The number of anilines is 1. The molecule has 2 bridgehead atoms. The van der Waals surface area contributed by atoms with Crippen LogP contribution in [0.5, 0.6) is 5.75 Å². The van der Waals surface area contributed by atoms with Gasteiger partial charge in [-0.25, -0.2) is 18.7 Å². The molecule has 3 aromatic rings. The lowest BCUT2D eigenvalue weighted by atomic mass is 9.82. The number of pyridine rings is 1. The number of nitrogens with zero attached hydrogens (tertiary/aromatic N) is 5. The van der Waals surface area contributed by atoms with Gasteiger partial charge in [-0.05, 0) is 76.0 Å². The van der Waals surface area contributed by atoms with Crippen LogP contribution in [-0.4, -0.2) is 60.9 Å². The Hall–Kier alpha value is -2.85. The predicted octanol–water partition coefficient (Wildman–Crippen LogP) is 5.15. The van der Waals surface area contributed by atoms with Crippen molar-refractivity contribution >= 4 is 17.7 Å². The summed E-state index contributed by atoms with van der Waals surface area (Å²) in [6, 6.07) is 6.47. The fourth-order valence-electron chi connectivity index (χ4n) is 6.05. The number of hydrogen-bond acceptors (Lipinski definition) is 8. The van der Waals surface area contributed by atoms with Gasteiger partial charge in [0.2, 0.25) is 5.95 Å². The van der Waals surface area contributed by atoms with E-state index in [1.165, 1.54) is 24.0 Å². The highest BCUT2D eigenvalue weighted by Gasteiger charge is 2.58. The van der Waals surface area contributed by atoms with Gasteiger partial charge in [-0.2, -0.15) is 0 Å². The molecule has 10 heteroatoms. The lowest BCUT2D eigenvalue weighted by Gasteiger charge is -2.48. The Morgan fingerprint density at radius 1 is 1.08 bits per heavy atom. The van der Waals surface area contributed by atoms with Crippen molar-refractivity contribution in [3.8, 4) is 28.1 Å². The Bertz CT molecular complexity index is 1340. The molecule has 1 aliphatic carbocycles. The van der Waals surface area contributed by atoms with Crippen molar-refractivity contribution in [1.82, 2.24) is 25.5 Å². The van der Waals surface area contributed by atoms with E-state index in [2.05, 4.69) is 32.4 Å². The van der Waals surface area contributed by atoms with E-state index in [0.29, 0.717) is 39.8 Å². The number of aromatic hydroxyl groups is 1. The van der Waals surface area contributed by atoms with Gasteiger partial charge >= 0.3 is 0 Å². The smallest absolute Gasteiger partial charge is 0.245 e. The number of fused-ring (bicyclic) bond motifs is 2. The van der Waals surface area contributed by atoms with E-state index >= 15 is 4.39 Å². The van der Waals surface area contributed by atoms with Crippen LogP contribution in [0.4, 0.5) is 14.7 Å². The Morgan fingerprint density at radius 2 is 1.89 bits per heavy atom. The average molecular weight is 525 g/mol. The molecule has 194 valence electrons. The maximum absolute atomic E-state index is 15.8. The van der Waals surface area contributed by atoms with Gasteiger partial charge in [0, 0.05) is 28.2 Å². The van der Waals surface area contributed by atoms with E-state index < -0.39 is 17.5 Å². The molecular formula is C27H30F2N6OS. The molecule has 0 spiro atoms. The van der Waals surface area contributed by atoms with Gasteiger partial charge in [-0.15, -0.1) is 22.0 Å². The first-order valence-electron chi connectivity index (χ1n) is 12.6. The van der Waals surface area contributed by atoms with Gasteiger partial charge in [-0.1, -0.05) is 6.07 Å². The van der Waals surface area contributed by atoms with E-state index in [-0.39, 0.29) is 23.4 Å². The Morgan fingerprint density at radius 3 is 2.57 bits per heavy atom. The standard InChI is InChI=1S/C27H30F2N6OS/c1-26-8-9-27(2,34-26)24(29)21(12-26)35(16-5-6-16)25-31-14-20(32-33-25)17-7-4-15(10-22(17)36)18-11-23(37-3)30-13-19(18)28/h4,7,10-11,13-14,16,21,24,34,36H,5-6,8-9,12H2,1-3H3/t21-,24-,26-,27+/m0/s1. The van der Waals surface area contributed by atoms with Crippen LogP contribution in [0.2, 0.25) is 0 Å². The van der Waals surface area contributed by atoms with Crippen molar-refractivity contribution in [2.45, 2.75) is 80.3 Å². The first-order chi connectivity index (χ1) is 17.7. The normalized spacial score (nSPS) is 28.9. The minimum Gasteiger partial charge on any atom is -0.507 e. The number of halogens is 2. The average Bonchev–Trinajstić information content (AvgIpc) is 3.68. The van der Waals surface area contributed by atoms with Gasteiger partial charge in [0.15, 0.2) is 0 Å². The molecule has 2 aromatic heterocycles. The van der Waals surface area contributed by atoms with Crippen molar-refractivity contribution in [3.63, 3.8) is 0 Å². The highest BCUT2D eigenvalue weighted by molar-refractivity contribution is 7.98. The van der Waals surface area contributed by atoms with Gasteiger partial charge in [0.1, 0.15) is 23.4 Å². The molecule has 6 rings (SSSR count). The molecule has 4 atom stereocenters. The topological polar surface area (TPSA) is 87.1 Å². The number of thioether (sulfide) groups is 1. The van der Waals surface area contributed by atoms with Gasteiger partial charge in [0.25, 0.3) is 0 Å². The number of piperidine rings is 1. The Labute approximate surface area is 219 Å². The van der Waals surface area contributed by atoms with Crippen LogP contribution in [0.25, 0.3) is 22.4 Å². The van der Waals surface area contributed by atoms with E-state index in [4.69, 9.17) is 0 Å². The minimum absolute atomic E-state index is 0.0538. The molecule has 4 heterocycles. The first kappa shape index (κ1) is 24.5. The third-order valence-corrected chi connectivity index (χ3v) is 8.73. The predicted molar refractivity (Wildman–Crippen MR) is 140 cm³/mol.